The summed E-state index contributed by atoms with van der Waals surface area (Å²) in [4.78, 5) is 0. The van der Waals surface area contributed by atoms with E-state index in [-0.39, 0.29) is 0 Å². The number of nitrogens with one attached hydrogen (secondary N) is 2. The van der Waals surface area contributed by atoms with Crippen LogP contribution in [0.2, 0.25) is 0 Å². The van der Waals surface area contributed by atoms with Crippen molar-refractivity contribution in [1.82, 2.24) is 10.6 Å². The minimum Gasteiger partial charge on any atom is -0.469 e. The van der Waals surface area contributed by atoms with Crippen molar-refractivity contribution in [2.24, 2.45) is 5.92 Å². The molecular weight excluding hydrogens is 248 g/mol. The van der Waals surface area contributed by atoms with Crippen molar-refractivity contribution >= 4 is 0 Å². The molecule has 2 fully saturated rings. The van der Waals surface area contributed by atoms with E-state index in [9.17, 15) is 0 Å². The third-order valence-electron chi connectivity index (χ3n) is 5.09. The van der Waals surface area contributed by atoms with Crippen LogP contribution in [0.4, 0.5) is 0 Å². The van der Waals surface area contributed by atoms with Crippen LogP contribution in [0.25, 0.3) is 0 Å². The van der Waals surface area contributed by atoms with Crippen molar-refractivity contribution in [3.8, 4) is 0 Å². The zero-order chi connectivity index (χ0) is 13.8. The first-order valence-corrected chi connectivity index (χ1v) is 8.35. The number of hydrogen-bond donors (Lipinski definition) is 2. The number of rotatable bonds is 6. The van der Waals surface area contributed by atoms with Crippen LogP contribution < -0.4 is 10.6 Å². The maximum atomic E-state index is 5.42. The van der Waals surface area contributed by atoms with E-state index in [4.69, 9.17) is 4.42 Å². The van der Waals surface area contributed by atoms with Gasteiger partial charge in [0.15, 0.2) is 0 Å². The lowest BCUT2D eigenvalue weighted by molar-refractivity contribution is 0.296. The smallest absolute Gasteiger partial charge is 0.103 e. The van der Waals surface area contributed by atoms with Crippen LogP contribution in [-0.2, 0) is 6.42 Å². The first-order valence-electron chi connectivity index (χ1n) is 8.35. The monoisotopic (exact) mass is 276 g/mol. The molecule has 1 saturated carbocycles. The SMILES string of the molecule is CC(CCc1ccco1)NC1CCCC1C1CCCN1. The molecule has 3 rings (SSSR count). The highest BCUT2D eigenvalue weighted by molar-refractivity contribution is 4.99. The van der Waals surface area contributed by atoms with E-state index in [0.29, 0.717) is 6.04 Å². The molecule has 4 unspecified atom stereocenters. The van der Waals surface area contributed by atoms with E-state index in [2.05, 4.69) is 23.6 Å². The van der Waals surface area contributed by atoms with Crippen LogP contribution in [0.15, 0.2) is 22.8 Å². The molecule has 3 heteroatoms. The molecule has 1 aliphatic carbocycles. The molecule has 2 aliphatic rings. The Bertz CT molecular complexity index is 384. The van der Waals surface area contributed by atoms with Crippen LogP contribution in [0.1, 0.15) is 51.2 Å². The molecule has 0 amide bonds. The molecule has 1 aliphatic heterocycles. The molecular formula is C17H28N2O. The van der Waals surface area contributed by atoms with E-state index < -0.39 is 0 Å². The van der Waals surface area contributed by atoms with Gasteiger partial charge in [-0.05, 0) is 63.6 Å². The van der Waals surface area contributed by atoms with Gasteiger partial charge in [-0.25, -0.2) is 0 Å². The number of hydrogen-bond acceptors (Lipinski definition) is 3. The molecule has 2 N–H and O–H groups in total. The summed E-state index contributed by atoms with van der Waals surface area (Å²) in [5.41, 5.74) is 0. The molecule has 1 aromatic heterocycles. The summed E-state index contributed by atoms with van der Waals surface area (Å²) in [6.07, 6.45) is 10.9. The summed E-state index contributed by atoms with van der Waals surface area (Å²) in [7, 11) is 0. The van der Waals surface area contributed by atoms with Crippen molar-refractivity contribution < 1.29 is 4.42 Å². The highest BCUT2D eigenvalue weighted by atomic mass is 16.3. The Morgan fingerprint density at radius 1 is 1.35 bits per heavy atom. The van der Waals surface area contributed by atoms with Gasteiger partial charge in [0.05, 0.1) is 6.26 Å². The summed E-state index contributed by atoms with van der Waals surface area (Å²) >= 11 is 0. The van der Waals surface area contributed by atoms with E-state index in [1.54, 1.807) is 6.26 Å². The lowest BCUT2D eigenvalue weighted by Gasteiger charge is -2.29. The van der Waals surface area contributed by atoms with Gasteiger partial charge >= 0.3 is 0 Å². The summed E-state index contributed by atoms with van der Waals surface area (Å²) in [6.45, 7) is 3.54. The summed E-state index contributed by atoms with van der Waals surface area (Å²) in [6, 6.07) is 6.12. The van der Waals surface area contributed by atoms with Crippen molar-refractivity contribution in [2.75, 3.05) is 6.54 Å². The second kappa shape index (κ2) is 6.77. The van der Waals surface area contributed by atoms with E-state index in [1.165, 1.54) is 38.6 Å². The van der Waals surface area contributed by atoms with Gasteiger partial charge in [-0.15, -0.1) is 0 Å². The minimum atomic E-state index is 0.576. The average molecular weight is 276 g/mol. The Morgan fingerprint density at radius 2 is 2.30 bits per heavy atom. The Labute approximate surface area is 122 Å². The van der Waals surface area contributed by atoms with Gasteiger partial charge in [-0.3, -0.25) is 0 Å². The quantitative estimate of drug-likeness (QED) is 0.838. The van der Waals surface area contributed by atoms with Crippen molar-refractivity contribution in [3.63, 3.8) is 0 Å². The van der Waals surface area contributed by atoms with Crippen LogP contribution in [0.3, 0.4) is 0 Å². The molecule has 0 bridgehead atoms. The molecule has 4 atom stereocenters. The molecule has 20 heavy (non-hydrogen) atoms. The first-order chi connectivity index (χ1) is 9.83. The Hall–Kier alpha value is -0.800. The molecule has 1 aromatic rings. The maximum Gasteiger partial charge on any atom is 0.103 e. The normalized spacial score (nSPS) is 31.8. The van der Waals surface area contributed by atoms with Crippen molar-refractivity contribution in [2.45, 2.75) is 70.0 Å². The fourth-order valence-corrected chi connectivity index (χ4v) is 4.02. The number of furan rings is 1. The van der Waals surface area contributed by atoms with Gasteiger partial charge in [-0.1, -0.05) is 6.42 Å². The Balaban J connectivity index is 1.46. The lowest BCUT2D eigenvalue weighted by atomic mass is 9.92. The zero-order valence-electron chi connectivity index (χ0n) is 12.6. The Kier molecular flexibility index (Phi) is 4.79. The fraction of sp³-hybridized carbons (Fsp3) is 0.765. The number of aryl methyl sites for hydroxylation is 1. The zero-order valence-corrected chi connectivity index (χ0v) is 12.6. The predicted molar refractivity (Wildman–Crippen MR) is 81.8 cm³/mol. The van der Waals surface area contributed by atoms with Gasteiger partial charge in [-0.2, -0.15) is 0 Å². The van der Waals surface area contributed by atoms with E-state index in [1.807, 2.05) is 6.07 Å². The van der Waals surface area contributed by atoms with Gasteiger partial charge < -0.3 is 15.1 Å². The van der Waals surface area contributed by atoms with Gasteiger partial charge in [0.25, 0.3) is 0 Å². The Morgan fingerprint density at radius 3 is 3.05 bits per heavy atom. The highest BCUT2D eigenvalue weighted by Gasteiger charge is 2.35. The predicted octanol–water partition coefficient (Wildman–Crippen LogP) is 3.11. The standard InChI is InChI=1S/C17H28N2O/c1-13(9-10-14-5-4-12-20-14)19-17-7-2-6-15(17)16-8-3-11-18-16/h4-5,12-13,15-19H,2-3,6-11H2,1H3. The average Bonchev–Trinajstić information content (AvgIpc) is 3.18. The third-order valence-corrected chi connectivity index (χ3v) is 5.09. The summed E-state index contributed by atoms with van der Waals surface area (Å²) in [5, 5.41) is 7.59. The molecule has 0 spiro atoms. The second-order valence-corrected chi connectivity index (χ2v) is 6.59. The highest BCUT2D eigenvalue weighted by Crippen LogP contribution is 2.32. The second-order valence-electron chi connectivity index (χ2n) is 6.59. The lowest BCUT2D eigenvalue weighted by Crippen LogP contribution is -2.45. The minimum absolute atomic E-state index is 0.576. The molecule has 112 valence electrons. The summed E-state index contributed by atoms with van der Waals surface area (Å²) < 4.78 is 5.42. The maximum absolute atomic E-state index is 5.42. The van der Waals surface area contributed by atoms with Crippen LogP contribution in [0, 0.1) is 5.92 Å². The largest absolute Gasteiger partial charge is 0.469 e. The topological polar surface area (TPSA) is 37.2 Å². The van der Waals surface area contributed by atoms with Crippen LogP contribution in [0.5, 0.6) is 0 Å². The van der Waals surface area contributed by atoms with Crippen LogP contribution in [-0.4, -0.2) is 24.7 Å². The van der Waals surface area contributed by atoms with E-state index >= 15 is 0 Å². The van der Waals surface area contributed by atoms with E-state index in [0.717, 1.165) is 36.6 Å². The third kappa shape index (κ3) is 3.44. The molecule has 1 saturated heterocycles. The molecule has 0 radical (unpaired) electrons. The van der Waals surface area contributed by atoms with Gasteiger partial charge in [0.1, 0.15) is 5.76 Å². The molecule has 2 heterocycles. The molecule has 0 aromatic carbocycles. The van der Waals surface area contributed by atoms with Crippen molar-refractivity contribution in [3.05, 3.63) is 24.2 Å². The van der Waals surface area contributed by atoms with Crippen LogP contribution >= 0.6 is 0 Å². The summed E-state index contributed by atoms with van der Waals surface area (Å²) in [5.74, 6) is 1.96. The molecule has 3 nitrogen and oxygen atoms in total. The van der Waals surface area contributed by atoms with Gasteiger partial charge in [0.2, 0.25) is 0 Å². The van der Waals surface area contributed by atoms with Gasteiger partial charge in [0, 0.05) is 24.5 Å². The first kappa shape index (κ1) is 14.2. The van der Waals surface area contributed by atoms with Crippen molar-refractivity contribution in [1.29, 1.82) is 0 Å². The fourth-order valence-electron chi connectivity index (χ4n) is 4.02.